The van der Waals surface area contributed by atoms with Crippen LogP contribution in [0.3, 0.4) is 0 Å². The molecule has 0 fully saturated rings. The van der Waals surface area contributed by atoms with Crippen LogP contribution in [0, 0.1) is 23.1 Å². The number of nitrogens with one attached hydrogen (secondary N) is 2. The molecule has 1 rings (SSSR count). The van der Waals surface area contributed by atoms with Gasteiger partial charge in [-0.1, -0.05) is 37.0 Å². The Labute approximate surface area is 146 Å². The van der Waals surface area contributed by atoms with Crippen LogP contribution in [0.2, 0.25) is 10.0 Å². The van der Waals surface area contributed by atoms with Crippen LogP contribution in [0.5, 0.6) is 0 Å². The summed E-state index contributed by atoms with van der Waals surface area (Å²) in [5, 5.41) is 15.1. The Bertz CT molecular complexity index is 630. The van der Waals surface area contributed by atoms with Gasteiger partial charge in [0.15, 0.2) is 0 Å². The van der Waals surface area contributed by atoms with Gasteiger partial charge in [-0.3, -0.25) is 4.79 Å². The number of carbonyl (C=O) groups is 1. The number of amides is 1. The van der Waals surface area contributed by atoms with Crippen molar-refractivity contribution in [3.8, 4) is 6.07 Å². The van der Waals surface area contributed by atoms with Crippen LogP contribution < -0.4 is 10.6 Å². The number of halogens is 3. The van der Waals surface area contributed by atoms with E-state index in [0.717, 1.165) is 0 Å². The van der Waals surface area contributed by atoms with E-state index in [0.29, 0.717) is 10.6 Å². The van der Waals surface area contributed by atoms with E-state index in [9.17, 15) is 14.4 Å². The number of hydrogen-bond donors (Lipinski definition) is 2. The minimum absolute atomic E-state index is 0.0221. The third-order valence-electron chi connectivity index (χ3n) is 3.86. The monoisotopic (exact) mass is 359 g/mol. The zero-order valence-corrected chi connectivity index (χ0v) is 15.0. The Morgan fingerprint density at radius 3 is 2.48 bits per heavy atom. The van der Waals surface area contributed by atoms with Gasteiger partial charge in [0.2, 0.25) is 5.91 Å². The van der Waals surface area contributed by atoms with Gasteiger partial charge in [0.1, 0.15) is 11.4 Å². The van der Waals surface area contributed by atoms with Crippen molar-refractivity contribution in [1.29, 1.82) is 5.26 Å². The highest BCUT2D eigenvalue weighted by molar-refractivity contribution is 6.35. The fraction of sp³-hybridized carbons (Fsp3) is 0.500. The van der Waals surface area contributed by atoms with Crippen LogP contribution in [0.25, 0.3) is 0 Å². The first kappa shape index (κ1) is 19.7. The second-order valence-electron chi connectivity index (χ2n) is 5.91. The van der Waals surface area contributed by atoms with Crippen molar-refractivity contribution in [1.82, 2.24) is 10.6 Å². The zero-order valence-electron chi connectivity index (χ0n) is 13.5. The Balaban J connectivity index is 2.70. The minimum atomic E-state index is -0.938. The third-order valence-corrected chi connectivity index (χ3v) is 4.48. The lowest BCUT2D eigenvalue weighted by Gasteiger charge is -2.27. The highest BCUT2D eigenvalue weighted by Crippen LogP contribution is 2.28. The molecule has 1 amide bonds. The molecule has 0 saturated carbocycles. The number of hydrogen-bond acceptors (Lipinski definition) is 3. The molecule has 126 valence electrons. The maximum Gasteiger partial charge on any atom is 0.235 e. The van der Waals surface area contributed by atoms with Gasteiger partial charge in [-0.2, -0.15) is 5.26 Å². The van der Waals surface area contributed by atoms with E-state index in [4.69, 9.17) is 23.2 Å². The first-order valence-electron chi connectivity index (χ1n) is 7.20. The lowest BCUT2D eigenvalue weighted by Crippen LogP contribution is -2.51. The van der Waals surface area contributed by atoms with E-state index < -0.39 is 11.4 Å². The predicted octanol–water partition coefficient (Wildman–Crippen LogP) is 3.84. The largest absolute Gasteiger partial charge is 0.337 e. The van der Waals surface area contributed by atoms with E-state index in [1.54, 1.807) is 13.8 Å². The molecule has 4 nitrogen and oxygen atoms in total. The molecule has 0 aliphatic rings. The van der Waals surface area contributed by atoms with Crippen LogP contribution in [0.1, 0.15) is 39.3 Å². The van der Waals surface area contributed by atoms with Gasteiger partial charge in [0.05, 0.1) is 17.6 Å². The number of benzene rings is 1. The van der Waals surface area contributed by atoms with Crippen molar-refractivity contribution in [2.75, 3.05) is 6.54 Å². The first-order valence-corrected chi connectivity index (χ1v) is 7.96. The zero-order chi connectivity index (χ0) is 17.8. The van der Waals surface area contributed by atoms with Gasteiger partial charge >= 0.3 is 0 Å². The predicted molar refractivity (Wildman–Crippen MR) is 89.8 cm³/mol. The maximum atomic E-state index is 13.5. The van der Waals surface area contributed by atoms with Crippen molar-refractivity contribution in [2.45, 2.75) is 39.3 Å². The van der Waals surface area contributed by atoms with Gasteiger partial charge in [-0.25, -0.2) is 4.39 Å². The summed E-state index contributed by atoms with van der Waals surface area (Å²) in [5.41, 5.74) is -0.431. The van der Waals surface area contributed by atoms with Crippen LogP contribution in [0.15, 0.2) is 12.1 Å². The summed E-state index contributed by atoms with van der Waals surface area (Å²) in [4.78, 5) is 12.0. The molecule has 0 heterocycles. The normalized spacial score (nSPS) is 14.9. The average Bonchev–Trinajstić information content (AvgIpc) is 2.48. The number of nitrogens with zero attached hydrogens (tertiary/aromatic N) is 1. The number of carbonyl (C=O) groups excluding carboxylic acids is 1. The molecule has 2 atom stereocenters. The number of nitriles is 1. The van der Waals surface area contributed by atoms with Crippen LogP contribution >= 0.6 is 23.2 Å². The highest BCUT2D eigenvalue weighted by Gasteiger charge is 2.29. The fourth-order valence-corrected chi connectivity index (χ4v) is 2.41. The number of rotatable bonds is 6. The fourth-order valence-electron chi connectivity index (χ4n) is 1.86. The Kier molecular flexibility index (Phi) is 6.82. The van der Waals surface area contributed by atoms with Crippen LogP contribution in [-0.2, 0) is 4.79 Å². The summed E-state index contributed by atoms with van der Waals surface area (Å²) >= 11 is 11.7. The molecule has 2 N–H and O–H groups in total. The van der Waals surface area contributed by atoms with Crippen molar-refractivity contribution < 1.29 is 9.18 Å². The summed E-state index contributed by atoms with van der Waals surface area (Å²) < 4.78 is 13.5. The third kappa shape index (κ3) is 5.07. The van der Waals surface area contributed by atoms with Crippen molar-refractivity contribution >= 4 is 29.1 Å². The molecular weight excluding hydrogens is 340 g/mol. The summed E-state index contributed by atoms with van der Waals surface area (Å²) in [6, 6.07) is 4.33. The molecule has 0 unspecified atom stereocenters. The van der Waals surface area contributed by atoms with Crippen molar-refractivity contribution in [2.24, 2.45) is 5.92 Å². The van der Waals surface area contributed by atoms with E-state index in [1.807, 2.05) is 13.8 Å². The van der Waals surface area contributed by atoms with Crippen LogP contribution in [0.4, 0.5) is 4.39 Å². The average molecular weight is 360 g/mol. The highest BCUT2D eigenvalue weighted by atomic mass is 35.5. The van der Waals surface area contributed by atoms with E-state index >= 15 is 0 Å². The minimum Gasteiger partial charge on any atom is -0.337 e. The topological polar surface area (TPSA) is 64.9 Å². The standard InChI is InChI=1S/C16H20Cl2FN3O/c1-9(2)16(4,8-20)22-15(23)7-21-10(3)11-5-14(19)13(18)6-12(11)17/h5-6,9-10,21H,7H2,1-4H3,(H,22,23)/t10-,16-/m1/s1. The van der Waals surface area contributed by atoms with Gasteiger partial charge < -0.3 is 10.6 Å². The van der Waals surface area contributed by atoms with Crippen molar-refractivity contribution in [3.63, 3.8) is 0 Å². The first-order chi connectivity index (χ1) is 10.6. The van der Waals surface area contributed by atoms with Gasteiger partial charge in [-0.05, 0) is 37.5 Å². The summed E-state index contributed by atoms with van der Waals surface area (Å²) in [6.07, 6.45) is 0. The summed E-state index contributed by atoms with van der Waals surface area (Å²) in [5.74, 6) is -0.921. The van der Waals surface area contributed by atoms with Crippen molar-refractivity contribution in [3.05, 3.63) is 33.6 Å². The van der Waals surface area contributed by atoms with E-state index in [-0.39, 0.29) is 29.4 Å². The Hall–Kier alpha value is -1.35. The molecule has 0 bridgehead atoms. The molecule has 0 aliphatic heterocycles. The maximum absolute atomic E-state index is 13.5. The van der Waals surface area contributed by atoms with Gasteiger partial charge in [0, 0.05) is 11.1 Å². The molecule has 1 aromatic carbocycles. The summed E-state index contributed by atoms with van der Waals surface area (Å²) in [7, 11) is 0. The second-order valence-corrected chi connectivity index (χ2v) is 6.72. The van der Waals surface area contributed by atoms with Gasteiger partial charge in [-0.15, -0.1) is 0 Å². The molecule has 0 spiro atoms. The SMILES string of the molecule is CC(C)[C@@](C)(C#N)NC(=O)CN[C@H](C)c1cc(F)c(Cl)cc1Cl. The molecule has 0 saturated heterocycles. The second kappa shape index (κ2) is 7.96. The molecule has 7 heteroatoms. The molecular formula is C16H20Cl2FN3O. The smallest absolute Gasteiger partial charge is 0.235 e. The Morgan fingerprint density at radius 1 is 1.35 bits per heavy atom. The molecule has 1 aromatic rings. The van der Waals surface area contributed by atoms with E-state index in [2.05, 4.69) is 16.7 Å². The van der Waals surface area contributed by atoms with E-state index in [1.165, 1.54) is 12.1 Å². The van der Waals surface area contributed by atoms with Gasteiger partial charge in [0.25, 0.3) is 0 Å². The molecule has 23 heavy (non-hydrogen) atoms. The molecule has 0 aliphatic carbocycles. The van der Waals surface area contributed by atoms with Crippen LogP contribution in [-0.4, -0.2) is 18.0 Å². The molecule has 0 radical (unpaired) electrons. The Morgan fingerprint density at radius 2 is 1.96 bits per heavy atom. The lowest BCUT2D eigenvalue weighted by molar-refractivity contribution is -0.122. The molecule has 0 aromatic heterocycles. The quantitative estimate of drug-likeness (QED) is 0.758. The lowest BCUT2D eigenvalue weighted by atomic mass is 9.90. The summed E-state index contributed by atoms with van der Waals surface area (Å²) in [6.45, 7) is 7.12.